The van der Waals surface area contributed by atoms with E-state index in [1.807, 2.05) is 13.0 Å². The van der Waals surface area contributed by atoms with Crippen molar-refractivity contribution < 1.29 is 4.21 Å². The van der Waals surface area contributed by atoms with Crippen LogP contribution in [0.4, 0.5) is 0 Å². The number of hydrogen-bond acceptors (Lipinski definition) is 2. The monoisotopic (exact) mass is 162 g/mol. The highest BCUT2D eigenvalue weighted by molar-refractivity contribution is 8.71. The van der Waals surface area contributed by atoms with E-state index in [0.717, 1.165) is 0 Å². The smallest absolute Gasteiger partial charge is 0.112 e. The molecular formula is C6H10OS2. The maximum absolute atomic E-state index is 10.8. The second-order valence-electron chi connectivity index (χ2n) is 1.50. The average molecular weight is 162 g/mol. The van der Waals surface area contributed by atoms with Gasteiger partial charge >= 0.3 is 0 Å². The van der Waals surface area contributed by atoms with Gasteiger partial charge in [-0.1, -0.05) is 12.7 Å². The fourth-order valence-electron chi connectivity index (χ4n) is 0.188. The highest BCUT2D eigenvalue weighted by Crippen LogP contribution is 2.14. The fourth-order valence-corrected chi connectivity index (χ4v) is 1.69. The molecule has 0 fully saturated rings. The van der Waals surface area contributed by atoms with Gasteiger partial charge in [0.05, 0.1) is 0 Å². The summed E-state index contributed by atoms with van der Waals surface area (Å²) in [7, 11) is 0.340. The summed E-state index contributed by atoms with van der Waals surface area (Å²) in [6, 6.07) is 0. The van der Waals surface area contributed by atoms with Crippen molar-refractivity contribution in [3.05, 3.63) is 23.0 Å². The summed E-state index contributed by atoms with van der Waals surface area (Å²) in [4.78, 5) is 0.707. The zero-order valence-electron chi connectivity index (χ0n) is 5.59. The van der Waals surface area contributed by atoms with Crippen molar-refractivity contribution in [2.45, 2.75) is 13.8 Å². The van der Waals surface area contributed by atoms with Crippen LogP contribution in [0, 0.1) is 0 Å². The third-order valence-corrected chi connectivity index (χ3v) is 3.40. The lowest BCUT2D eigenvalue weighted by Crippen LogP contribution is -1.78. The molecule has 52 valence electrons. The highest BCUT2D eigenvalue weighted by Gasteiger charge is 1.94. The van der Waals surface area contributed by atoms with Crippen LogP contribution in [0.1, 0.15) is 13.8 Å². The van der Waals surface area contributed by atoms with Crippen molar-refractivity contribution in [1.82, 2.24) is 0 Å². The number of allylic oxidation sites excluding steroid dienone is 2. The first-order valence-corrected chi connectivity index (χ1v) is 5.08. The summed E-state index contributed by atoms with van der Waals surface area (Å²) in [5.41, 5.74) is 0. The van der Waals surface area contributed by atoms with Gasteiger partial charge < -0.3 is 0 Å². The third kappa shape index (κ3) is 4.48. The zero-order chi connectivity index (χ0) is 7.28. The van der Waals surface area contributed by atoms with Gasteiger partial charge in [-0.2, -0.15) is 0 Å². The molecule has 3 heteroatoms. The van der Waals surface area contributed by atoms with E-state index in [0.29, 0.717) is 4.91 Å². The van der Waals surface area contributed by atoms with Crippen LogP contribution < -0.4 is 0 Å². The van der Waals surface area contributed by atoms with Crippen LogP contribution in [0.2, 0.25) is 0 Å². The van der Waals surface area contributed by atoms with Gasteiger partial charge in [-0.15, -0.1) is 0 Å². The number of rotatable bonds is 3. The van der Waals surface area contributed by atoms with Gasteiger partial charge in [0.15, 0.2) is 0 Å². The van der Waals surface area contributed by atoms with Crippen LogP contribution in [0.25, 0.3) is 0 Å². The molecule has 0 saturated heterocycles. The largest absolute Gasteiger partial charge is 0.243 e. The molecule has 0 aromatic carbocycles. The first-order valence-electron chi connectivity index (χ1n) is 2.54. The maximum Gasteiger partial charge on any atom is 0.112 e. The van der Waals surface area contributed by atoms with Crippen molar-refractivity contribution in [3.8, 4) is 0 Å². The molecule has 0 aliphatic carbocycles. The van der Waals surface area contributed by atoms with Crippen LogP contribution >= 0.6 is 10.8 Å². The second kappa shape index (κ2) is 4.82. The van der Waals surface area contributed by atoms with E-state index in [9.17, 15) is 4.21 Å². The molecule has 0 radical (unpaired) electrons. The van der Waals surface area contributed by atoms with Gasteiger partial charge in [-0.3, -0.25) is 0 Å². The summed E-state index contributed by atoms with van der Waals surface area (Å²) in [6.45, 7) is 7.20. The minimum Gasteiger partial charge on any atom is -0.243 e. The molecule has 1 nitrogen and oxygen atoms in total. The molecule has 0 heterocycles. The Morgan fingerprint density at radius 1 is 1.78 bits per heavy atom. The Balaban J connectivity index is 3.65. The molecule has 0 amide bonds. The minimum absolute atomic E-state index is 0.707. The van der Waals surface area contributed by atoms with E-state index < -0.39 is 9.83 Å². The molecule has 0 bridgehead atoms. The van der Waals surface area contributed by atoms with E-state index in [1.165, 1.54) is 10.8 Å². The molecule has 0 aromatic heterocycles. The maximum atomic E-state index is 10.8. The summed E-state index contributed by atoms with van der Waals surface area (Å²) < 4.78 is 10.8. The molecule has 0 N–H and O–H groups in total. The Bertz CT molecular complexity index is 149. The van der Waals surface area contributed by atoms with Crippen LogP contribution in [-0.2, 0) is 9.83 Å². The first-order chi connectivity index (χ1) is 4.18. The van der Waals surface area contributed by atoms with Crippen molar-refractivity contribution >= 4 is 20.6 Å². The summed E-state index contributed by atoms with van der Waals surface area (Å²) in [6.07, 6.45) is 1.85. The molecule has 1 unspecified atom stereocenters. The Morgan fingerprint density at radius 3 is 2.67 bits per heavy atom. The average Bonchev–Trinajstić information content (AvgIpc) is 1.82. The molecule has 1 atom stereocenters. The molecule has 0 aliphatic heterocycles. The van der Waals surface area contributed by atoms with Gasteiger partial charge in [0, 0.05) is 4.91 Å². The third-order valence-electron chi connectivity index (χ3n) is 0.564. The Kier molecular flexibility index (Phi) is 4.81. The van der Waals surface area contributed by atoms with Crippen molar-refractivity contribution in [1.29, 1.82) is 0 Å². The summed E-state index contributed by atoms with van der Waals surface area (Å²) in [5, 5.41) is 1.80. The van der Waals surface area contributed by atoms with E-state index in [2.05, 4.69) is 6.58 Å². The van der Waals surface area contributed by atoms with E-state index in [4.69, 9.17) is 0 Å². The van der Waals surface area contributed by atoms with Gasteiger partial charge in [0.1, 0.15) is 9.83 Å². The molecular weight excluding hydrogens is 152 g/mol. The van der Waals surface area contributed by atoms with Gasteiger partial charge in [-0.25, -0.2) is 4.21 Å². The Hall–Kier alpha value is -0.0200. The van der Waals surface area contributed by atoms with E-state index >= 15 is 0 Å². The lowest BCUT2D eigenvalue weighted by molar-refractivity contribution is 0.695. The normalized spacial score (nSPS) is 14.0. The van der Waals surface area contributed by atoms with Gasteiger partial charge in [0.25, 0.3) is 0 Å². The molecule has 0 rings (SSSR count). The molecule has 0 aliphatic rings. The summed E-state index contributed by atoms with van der Waals surface area (Å²) >= 11 is 0. The summed E-state index contributed by atoms with van der Waals surface area (Å²) in [5.74, 6) is 0. The van der Waals surface area contributed by atoms with E-state index in [-0.39, 0.29) is 0 Å². The van der Waals surface area contributed by atoms with Crippen LogP contribution in [0.5, 0.6) is 0 Å². The topological polar surface area (TPSA) is 17.1 Å². The van der Waals surface area contributed by atoms with Crippen LogP contribution in [0.15, 0.2) is 23.0 Å². The second-order valence-corrected chi connectivity index (χ2v) is 4.62. The highest BCUT2D eigenvalue weighted by atomic mass is 33.1. The standard InChI is InChI=1S/C6H10OS2/c1-4-5-8-9(7)6(2)3/h4-5H,2H2,1,3H3/b5-4-. The van der Waals surface area contributed by atoms with Crippen molar-refractivity contribution in [2.24, 2.45) is 0 Å². The predicted octanol–water partition coefficient (Wildman–Crippen LogP) is 2.45. The van der Waals surface area contributed by atoms with E-state index in [1.54, 1.807) is 12.3 Å². The lowest BCUT2D eigenvalue weighted by atomic mass is 10.8. The SMILES string of the molecule is C=C(C)S(=O)S/C=C\C. The first kappa shape index (κ1) is 8.98. The predicted molar refractivity (Wildman–Crippen MR) is 45.4 cm³/mol. The van der Waals surface area contributed by atoms with Crippen molar-refractivity contribution in [3.63, 3.8) is 0 Å². The molecule has 9 heavy (non-hydrogen) atoms. The zero-order valence-corrected chi connectivity index (χ0v) is 7.22. The quantitative estimate of drug-likeness (QED) is 0.593. The molecule has 0 spiro atoms. The van der Waals surface area contributed by atoms with Gasteiger partial charge in [-0.05, 0) is 30.0 Å². The minimum atomic E-state index is -0.936. The van der Waals surface area contributed by atoms with Crippen LogP contribution in [0.3, 0.4) is 0 Å². The number of hydrogen-bond donors (Lipinski definition) is 0. The molecule has 0 saturated carbocycles. The van der Waals surface area contributed by atoms with Crippen molar-refractivity contribution in [2.75, 3.05) is 0 Å². The Labute approximate surface area is 62.1 Å². The molecule has 0 aromatic rings. The van der Waals surface area contributed by atoms with Gasteiger partial charge in [0.2, 0.25) is 0 Å². The van der Waals surface area contributed by atoms with Crippen LogP contribution in [-0.4, -0.2) is 4.21 Å². The Morgan fingerprint density at radius 2 is 2.33 bits per heavy atom. The fraction of sp³-hybridized carbons (Fsp3) is 0.333. The lowest BCUT2D eigenvalue weighted by Gasteiger charge is -1.91.